The zero-order chi connectivity index (χ0) is 14.7. The Morgan fingerprint density at radius 1 is 1.05 bits per heavy atom. The molecule has 0 saturated carbocycles. The predicted octanol–water partition coefficient (Wildman–Crippen LogP) is 3.41. The first-order valence-electron chi connectivity index (χ1n) is 6.95. The van der Waals surface area contributed by atoms with E-state index in [1.807, 2.05) is 18.2 Å². The SMILES string of the molecule is Cc1ccc(CCc2onc(N)c2-c2ccccn2)cc1. The van der Waals surface area contributed by atoms with Crippen LogP contribution in [0, 0.1) is 6.92 Å². The molecule has 4 nitrogen and oxygen atoms in total. The molecule has 0 fully saturated rings. The molecule has 0 saturated heterocycles. The van der Waals surface area contributed by atoms with Crippen LogP contribution in [0.2, 0.25) is 0 Å². The standard InChI is InChI=1S/C17H17N3O/c1-12-5-7-13(8-6-12)9-10-15-16(17(18)20-21-15)14-4-2-3-11-19-14/h2-8,11H,9-10H2,1H3,(H2,18,20). The molecule has 0 aliphatic carbocycles. The minimum Gasteiger partial charge on any atom is -0.380 e. The van der Waals surface area contributed by atoms with E-state index in [1.165, 1.54) is 11.1 Å². The molecular formula is C17H17N3O. The predicted molar refractivity (Wildman–Crippen MR) is 82.7 cm³/mol. The minimum atomic E-state index is 0.396. The van der Waals surface area contributed by atoms with Crippen LogP contribution in [0.3, 0.4) is 0 Å². The van der Waals surface area contributed by atoms with Crippen molar-refractivity contribution < 1.29 is 4.52 Å². The van der Waals surface area contributed by atoms with Gasteiger partial charge in [-0.25, -0.2) is 0 Å². The molecule has 0 bridgehead atoms. The number of nitrogen functional groups attached to an aromatic ring is 1. The summed E-state index contributed by atoms with van der Waals surface area (Å²) in [5.41, 5.74) is 10.1. The van der Waals surface area contributed by atoms with Gasteiger partial charge in [-0.2, -0.15) is 0 Å². The lowest BCUT2D eigenvalue weighted by Gasteiger charge is -2.03. The van der Waals surface area contributed by atoms with E-state index >= 15 is 0 Å². The molecule has 0 aliphatic rings. The third kappa shape index (κ3) is 2.94. The molecule has 2 aromatic heterocycles. The lowest BCUT2D eigenvalue weighted by Crippen LogP contribution is -1.95. The highest BCUT2D eigenvalue weighted by atomic mass is 16.5. The molecule has 2 N–H and O–H groups in total. The van der Waals surface area contributed by atoms with Gasteiger partial charge in [0, 0.05) is 12.6 Å². The van der Waals surface area contributed by atoms with Crippen LogP contribution in [0.15, 0.2) is 53.2 Å². The molecule has 3 rings (SSSR count). The summed E-state index contributed by atoms with van der Waals surface area (Å²) in [7, 11) is 0. The second-order valence-electron chi connectivity index (χ2n) is 5.07. The van der Waals surface area contributed by atoms with E-state index in [2.05, 4.69) is 41.3 Å². The zero-order valence-corrected chi connectivity index (χ0v) is 11.9. The molecule has 0 radical (unpaired) electrons. The highest BCUT2D eigenvalue weighted by Crippen LogP contribution is 2.28. The number of anilines is 1. The Labute approximate surface area is 123 Å². The van der Waals surface area contributed by atoms with Gasteiger partial charge in [0.05, 0.1) is 11.3 Å². The summed E-state index contributed by atoms with van der Waals surface area (Å²) in [4.78, 5) is 4.33. The highest BCUT2D eigenvalue weighted by Gasteiger charge is 2.16. The third-order valence-corrected chi connectivity index (χ3v) is 3.47. The Morgan fingerprint density at radius 2 is 1.86 bits per heavy atom. The first-order valence-corrected chi connectivity index (χ1v) is 6.95. The molecule has 2 heterocycles. The Bertz CT molecular complexity index is 718. The molecule has 0 spiro atoms. The van der Waals surface area contributed by atoms with Gasteiger partial charge in [0.1, 0.15) is 5.76 Å². The van der Waals surface area contributed by atoms with Crippen LogP contribution >= 0.6 is 0 Å². The van der Waals surface area contributed by atoms with E-state index < -0.39 is 0 Å². The Morgan fingerprint density at radius 3 is 2.57 bits per heavy atom. The molecule has 21 heavy (non-hydrogen) atoms. The molecule has 1 aromatic carbocycles. The molecule has 0 amide bonds. The summed E-state index contributed by atoms with van der Waals surface area (Å²) >= 11 is 0. The molecule has 0 aliphatic heterocycles. The summed E-state index contributed by atoms with van der Waals surface area (Å²) < 4.78 is 5.38. The maximum atomic E-state index is 5.92. The minimum absolute atomic E-state index is 0.396. The Kier molecular flexibility index (Phi) is 3.69. The average molecular weight is 279 g/mol. The third-order valence-electron chi connectivity index (χ3n) is 3.47. The maximum Gasteiger partial charge on any atom is 0.176 e. The molecule has 3 aromatic rings. The Hall–Kier alpha value is -2.62. The van der Waals surface area contributed by atoms with Crippen molar-refractivity contribution in [3.8, 4) is 11.3 Å². The van der Waals surface area contributed by atoms with Crippen LogP contribution in [-0.2, 0) is 12.8 Å². The molecule has 4 heteroatoms. The van der Waals surface area contributed by atoms with Gasteiger partial charge < -0.3 is 10.3 Å². The number of hydrogen-bond acceptors (Lipinski definition) is 4. The summed E-state index contributed by atoms with van der Waals surface area (Å²) in [6.45, 7) is 2.08. The van der Waals surface area contributed by atoms with Gasteiger partial charge in [-0.15, -0.1) is 0 Å². The van der Waals surface area contributed by atoms with E-state index in [0.29, 0.717) is 5.82 Å². The highest BCUT2D eigenvalue weighted by molar-refractivity contribution is 5.72. The van der Waals surface area contributed by atoms with E-state index in [1.54, 1.807) is 6.20 Å². The normalized spacial score (nSPS) is 10.7. The van der Waals surface area contributed by atoms with E-state index in [0.717, 1.165) is 29.9 Å². The second-order valence-corrected chi connectivity index (χ2v) is 5.07. The van der Waals surface area contributed by atoms with Crippen LogP contribution in [0.1, 0.15) is 16.9 Å². The van der Waals surface area contributed by atoms with Gasteiger partial charge in [0.25, 0.3) is 0 Å². The largest absolute Gasteiger partial charge is 0.380 e. The summed E-state index contributed by atoms with van der Waals surface area (Å²) in [5, 5.41) is 3.88. The van der Waals surface area contributed by atoms with Crippen molar-refractivity contribution in [1.82, 2.24) is 10.1 Å². The lowest BCUT2D eigenvalue weighted by atomic mass is 10.0. The Balaban J connectivity index is 1.82. The molecular weight excluding hydrogens is 262 g/mol. The first-order chi connectivity index (χ1) is 10.2. The van der Waals surface area contributed by atoms with Gasteiger partial charge in [0.2, 0.25) is 0 Å². The van der Waals surface area contributed by atoms with Crippen molar-refractivity contribution in [3.63, 3.8) is 0 Å². The quantitative estimate of drug-likeness (QED) is 0.794. The van der Waals surface area contributed by atoms with Crippen molar-refractivity contribution in [3.05, 3.63) is 65.5 Å². The fraction of sp³-hybridized carbons (Fsp3) is 0.176. The number of pyridine rings is 1. The number of nitrogens with two attached hydrogens (primary N) is 1. The molecule has 0 unspecified atom stereocenters. The fourth-order valence-electron chi connectivity index (χ4n) is 2.31. The second kappa shape index (κ2) is 5.79. The van der Waals surface area contributed by atoms with Gasteiger partial charge >= 0.3 is 0 Å². The van der Waals surface area contributed by atoms with Crippen molar-refractivity contribution in [2.24, 2.45) is 0 Å². The summed E-state index contributed by atoms with van der Waals surface area (Å²) in [6, 6.07) is 14.2. The molecule has 0 atom stereocenters. The van der Waals surface area contributed by atoms with Crippen molar-refractivity contribution in [2.75, 3.05) is 5.73 Å². The van der Waals surface area contributed by atoms with Crippen LogP contribution in [0.4, 0.5) is 5.82 Å². The number of benzene rings is 1. The fourth-order valence-corrected chi connectivity index (χ4v) is 2.31. The van der Waals surface area contributed by atoms with Gasteiger partial charge in [-0.3, -0.25) is 4.98 Å². The summed E-state index contributed by atoms with van der Waals surface area (Å²) in [5.74, 6) is 1.18. The number of nitrogens with zero attached hydrogens (tertiary/aromatic N) is 2. The van der Waals surface area contributed by atoms with E-state index in [9.17, 15) is 0 Å². The molecule has 106 valence electrons. The smallest absolute Gasteiger partial charge is 0.176 e. The van der Waals surface area contributed by atoms with Crippen molar-refractivity contribution in [2.45, 2.75) is 19.8 Å². The number of aromatic nitrogens is 2. The lowest BCUT2D eigenvalue weighted by molar-refractivity contribution is 0.386. The van der Waals surface area contributed by atoms with Crippen LogP contribution < -0.4 is 5.73 Å². The van der Waals surface area contributed by atoms with Gasteiger partial charge in [0.15, 0.2) is 5.82 Å². The zero-order valence-electron chi connectivity index (χ0n) is 11.9. The average Bonchev–Trinajstić information content (AvgIpc) is 2.88. The summed E-state index contributed by atoms with van der Waals surface area (Å²) in [6.07, 6.45) is 3.37. The van der Waals surface area contributed by atoms with Crippen molar-refractivity contribution >= 4 is 5.82 Å². The van der Waals surface area contributed by atoms with Gasteiger partial charge in [-0.1, -0.05) is 41.1 Å². The van der Waals surface area contributed by atoms with E-state index in [-0.39, 0.29) is 0 Å². The van der Waals surface area contributed by atoms with Crippen LogP contribution in [0.25, 0.3) is 11.3 Å². The monoisotopic (exact) mass is 279 g/mol. The number of aryl methyl sites for hydroxylation is 3. The van der Waals surface area contributed by atoms with Crippen LogP contribution in [-0.4, -0.2) is 10.1 Å². The van der Waals surface area contributed by atoms with E-state index in [4.69, 9.17) is 10.3 Å². The van der Waals surface area contributed by atoms with Gasteiger partial charge in [-0.05, 0) is 31.0 Å². The van der Waals surface area contributed by atoms with Crippen molar-refractivity contribution in [1.29, 1.82) is 0 Å². The number of rotatable bonds is 4. The van der Waals surface area contributed by atoms with Crippen LogP contribution in [0.5, 0.6) is 0 Å². The topological polar surface area (TPSA) is 64.9 Å². The maximum absolute atomic E-state index is 5.92. The number of hydrogen-bond donors (Lipinski definition) is 1. The first kappa shape index (κ1) is 13.4.